The van der Waals surface area contributed by atoms with E-state index < -0.39 is 10.0 Å². The van der Waals surface area contributed by atoms with Gasteiger partial charge in [-0.2, -0.15) is 0 Å². The number of rotatable bonds is 5. The minimum absolute atomic E-state index is 0.0222. The molecule has 4 nitrogen and oxygen atoms in total. The summed E-state index contributed by atoms with van der Waals surface area (Å²) in [5.74, 6) is 0. The van der Waals surface area contributed by atoms with E-state index in [1.54, 1.807) is 12.1 Å². The summed E-state index contributed by atoms with van der Waals surface area (Å²) in [6.45, 7) is 0.920. The van der Waals surface area contributed by atoms with Gasteiger partial charge in [-0.15, -0.1) is 0 Å². The summed E-state index contributed by atoms with van der Waals surface area (Å²) in [5.41, 5.74) is 5.58. The van der Waals surface area contributed by atoms with E-state index in [0.29, 0.717) is 18.1 Å². The van der Waals surface area contributed by atoms with Crippen LogP contribution < -0.4 is 10.5 Å². The van der Waals surface area contributed by atoms with Crippen LogP contribution in [0.25, 0.3) is 0 Å². The lowest BCUT2D eigenvalue weighted by Crippen LogP contribution is -2.33. The molecule has 1 fully saturated rings. The third-order valence-corrected chi connectivity index (χ3v) is 4.77. The van der Waals surface area contributed by atoms with Gasteiger partial charge in [0.25, 0.3) is 0 Å². The molecule has 0 amide bonds. The number of sulfonamides is 1. The molecule has 0 aromatic heterocycles. The topological polar surface area (TPSA) is 72.2 Å². The lowest BCUT2D eigenvalue weighted by Gasteiger charge is -2.13. The van der Waals surface area contributed by atoms with E-state index in [4.69, 9.17) is 17.3 Å². The highest BCUT2D eigenvalue weighted by Gasteiger charge is 2.41. The van der Waals surface area contributed by atoms with Crippen LogP contribution in [0.5, 0.6) is 0 Å². The molecule has 94 valence electrons. The average Bonchev–Trinajstić information content (AvgIpc) is 3.07. The average molecular weight is 275 g/mol. The fourth-order valence-corrected chi connectivity index (χ4v) is 3.05. The molecule has 2 rings (SSSR count). The van der Waals surface area contributed by atoms with Crippen LogP contribution in [0.1, 0.15) is 12.8 Å². The molecule has 17 heavy (non-hydrogen) atoms. The van der Waals surface area contributed by atoms with E-state index in [2.05, 4.69) is 4.72 Å². The third kappa shape index (κ3) is 2.98. The van der Waals surface area contributed by atoms with Crippen molar-refractivity contribution in [2.24, 2.45) is 11.1 Å². The van der Waals surface area contributed by atoms with Gasteiger partial charge in [-0.25, -0.2) is 13.1 Å². The first kappa shape index (κ1) is 12.8. The van der Waals surface area contributed by atoms with Crippen LogP contribution in [0.2, 0.25) is 5.02 Å². The molecule has 6 heteroatoms. The Labute approximate surface area is 106 Å². The molecule has 0 spiro atoms. The number of hydrogen-bond donors (Lipinski definition) is 2. The monoisotopic (exact) mass is 274 g/mol. The highest BCUT2D eigenvalue weighted by Crippen LogP contribution is 2.43. The summed E-state index contributed by atoms with van der Waals surface area (Å²) in [5, 5.41) is 0.410. The van der Waals surface area contributed by atoms with Crippen molar-refractivity contribution < 1.29 is 8.42 Å². The summed E-state index contributed by atoms with van der Waals surface area (Å²) in [6.07, 6.45) is 1.98. The fraction of sp³-hybridized carbons (Fsp3) is 0.455. The molecule has 0 saturated heterocycles. The Balaban J connectivity index is 2.09. The molecule has 0 radical (unpaired) electrons. The van der Waals surface area contributed by atoms with Crippen molar-refractivity contribution >= 4 is 21.6 Å². The molecule has 1 aliphatic carbocycles. The number of nitrogens with one attached hydrogen (secondary N) is 1. The molecule has 0 atom stereocenters. The smallest absolute Gasteiger partial charge is 0.240 e. The van der Waals surface area contributed by atoms with E-state index in [0.717, 1.165) is 12.8 Å². The van der Waals surface area contributed by atoms with Crippen molar-refractivity contribution in [1.82, 2.24) is 4.72 Å². The van der Waals surface area contributed by atoms with E-state index >= 15 is 0 Å². The molecule has 3 N–H and O–H groups in total. The Morgan fingerprint density at radius 1 is 1.41 bits per heavy atom. The van der Waals surface area contributed by atoms with E-state index in [9.17, 15) is 8.42 Å². The Morgan fingerprint density at radius 2 is 2.12 bits per heavy atom. The van der Waals surface area contributed by atoms with Gasteiger partial charge in [0.1, 0.15) is 0 Å². The predicted octanol–water partition coefficient (Wildman–Crippen LogP) is 1.36. The van der Waals surface area contributed by atoms with Crippen molar-refractivity contribution in [3.63, 3.8) is 0 Å². The summed E-state index contributed by atoms with van der Waals surface area (Å²) in [6, 6.07) is 6.22. The van der Waals surface area contributed by atoms with E-state index in [1.165, 1.54) is 12.1 Å². The Bertz CT molecular complexity index is 512. The summed E-state index contributed by atoms with van der Waals surface area (Å²) in [7, 11) is -3.48. The second-order valence-corrected chi connectivity index (χ2v) is 6.69. The van der Waals surface area contributed by atoms with Gasteiger partial charge in [0, 0.05) is 11.6 Å². The van der Waals surface area contributed by atoms with Crippen LogP contribution in [0.4, 0.5) is 0 Å². The minimum atomic E-state index is -3.48. The maximum atomic E-state index is 12.0. The second kappa shape index (κ2) is 4.57. The summed E-state index contributed by atoms with van der Waals surface area (Å²) in [4.78, 5) is 0.192. The fourth-order valence-electron chi connectivity index (χ4n) is 1.60. The number of hydrogen-bond acceptors (Lipinski definition) is 3. The van der Waals surface area contributed by atoms with Crippen molar-refractivity contribution in [2.45, 2.75) is 17.7 Å². The largest absolute Gasteiger partial charge is 0.330 e. The first-order chi connectivity index (χ1) is 7.97. The van der Waals surface area contributed by atoms with Crippen molar-refractivity contribution in [2.75, 3.05) is 13.1 Å². The second-order valence-electron chi connectivity index (χ2n) is 4.49. The van der Waals surface area contributed by atoms with Gasteiger partial charge < -0.3 is 5.73 Å². The van der Waals surface area contributed by atoms with Crippen molar-refractivity contribution in [3.05, 3.63) is 29.3 Å². The third-order valence-electron chi connectivity index (χ3n) is 3.13. The minimum Gasteiger partial charge on any atom is -0.330 e. The van der Waals surface area contributed by atoms with Crippen LogP contribution in [0, 0.1) is 5.41 Å². The molecular weight excluding hydrogens is 260 g/mol. The molecular formula is C11H15ClN2O2S. The number of nitrogens with two attached hydrogens (primary N) is 1. The number of benzene rings is 1. The molecule has 0 unspecified atom stereocenters. The molecule has 1 aliphatic rings. The normalized spacial score (nSPS) is 18.0. The van der Waals surface area contributed by atoms with Gasteiger partial charge >= 0.3 is 0 Å². The Kier molecular flexibility index (Phi) is 3.45. The van der Waals surface area contributed by atoms with Gasteiger partial charge in [-0.3, -0.25) is 0 Å². The zero-order valence-electron chi connectivity index (χ0n) is 9.32. The van der Waals surface area contributed by atoms with Crippen molar-refractivity contribution in [1.29, 1.82) is 0 Å². The predicted molar refractivity (Wildman–Crippen MR) is 67.4 cm³/mol. The van der Waals surface area contributed by atoms with E-state index in [1.807, 2.05) is 0 Å². The highest BCUT2D eigenvalue weighted by atomic mass is 35.5. The van der Waals surface area contributed by atoms with Gasteiger partial charge in [0.2, 0.25) is 10.0 Å². The van der Waals surface area contributed by atoms with Crippen LogP contribution in [-0.4, -0.2) is 21.5 Å². The van der Waals surface area contributed by atoms with Crippen molar-refractivity contribution in [3.8, 4) is 0 Å². The van der Waals surface area contributed by atoms with Crippen LogP contribution in [-0.2, 0) is 10.0 Å². The molecule has 1 aromatic carbocycles. The van der Waals surface area contributed by atoms with Gasteiger partial charge in [0.05, 0.1) is 4.90 Å². The first-order valence-corrected chi connectivity index (χ1v) is 7.29. The molecule has 0 bridgehead atoms. The molecule has 1 saturated carbocycles. The molecule has 0 heterocycles. The maximum absolute atomic E-state index is 12.0. The standard InChI is InChI=1S/C11H15ClN2O2S/c12-9-2-1-3-10(6-9)17(15,16)14-8-11(7-13)4-5-11/h1-3,6,14H,4-5,7-8,13H2. The number of halogens is 1. The Hall–Kier alpha value is -0.620. The zero-order valence-corrected chi connectivity index (χ0v) is 10.9. The molecule has 1 aromatic rings. The lowest BCUT2D eigenvalue weighted by molar-refractivity contribution is 0.501. The van der Waals surface area contributed by atoms with Gasteiger partial charge in [0.15, 0.2) is 0 Å². The summed E-state index contributed by atoms with van der Waals surface area (Å²) < 4.78 is 26.5. The maximum Gasteiger partial charge on any atom is 0.240 e. The highest BCUT2D eigenvalue weighted by molar-refractivity contribution is 7.89. The van der Waals surface area contributed by atoms with Crippen LogP contribution in [0.15, 0.2) is 29.2 Å². The Morgan fingerprint density at radius 3 is 2.65 bits per heavy atom. The van der Waals surface area contributed by atoms with Crippen LogP contribution >= 0.6 is 11.6 Å². The van der Waals surface area contributed by atoms with Gasteiger partial charge in [-0.05, 0) is 43.0 Å². The SMILES string of the molecule is NCC1(CNS(=O)(=O)c2cccc(Cl)c2)CC1. The first-order valence-electron chi connectivity index (χ1n) is 5.43. The zero-order chi connectivity index (χ0) is 12.5. The van der Waals surface area contributed by atoms with Gasteiger partial charge in [-0.1, -0.05) is 17.7 Å². The van der Waals surface area contributed by atoms with Crippen LogP contribution in [0.3, 0.4) is 0 Å². The quantitative estimate of drug-likeness (QED) is 0.851. The molecule has 0 aliphatic heterocycles. The lowest BCUT2D eigenvalue weighted by atomic mass is 10.1. The summed E-state index contributed by atoms with van der Waals surface area (Å²) >= 11 is 5.77. The van der Waals surface area contributed by atoms with E-state index in [-0.39, 0.29) is 10.3 Å².